The molecule has 0 amide bonds. The highest BCUT2D eigenvalue weighted by molar-refractivity contribution is 5.86. The van der Waals surface area contributed by atoms with Gasteiger partial charge in [-0.25, -0.2) is 0 Å². The molecule has 0 aliphatic carbocycles. The van der Waals surface area contributed by atoms with Crippen molar-refractivity contribution in [2.24, 2.45) is 0 Å². The Labute approximate surface area is 243 Å². The molecule has 8 N–H and O–H groups in total. The zero-order valence-corrected chi connectivity index (χ0v) is 22.9. The molecule has 3 aromatic rings. The van der Waals surface area contributed by atoms with Gasteiger partial charge in [-0.1, -0.05) is 0 Å². The van der Waals surface area contributed by atoms with Crippen molar-refractivity contribution in [2.45, 2.75) is 68.3 Å². The third-order valence-corrected chi connectivity index (χ3v) is 7.40. The molecule has 2 saturated heterocycles. The van der Waals surface area contributed by atoms with E-state index in [9.17, 15) is 45.6 Å². The van der Waals surface area contributed by atoms with E-state index < -0.39 is 79.2 Å². The summed E-state index contributed by atoms with van der Waals surface area (Å²) in [6.07, 6.45) is -15.0. The average molecular weight is 609 g/mol. The molecule has 15 nitrogen and oxygen atoms in total. The number of phenolic OH excluding ortho intramolecular Hbond substituents is 2. The number of aliphatic hydroxyl groups is 6. The lowest BCUT2D eigenvalue weighted by molar-refractivity contribution is -0.318. The van der Waals surface area contributed by atoms with Crippen LogP contribution in [0.1, 0.15) is 6.92 Å². The second-order valence-corrected chi connectivity index (χ2v) is 10.3. The molecule has 2 aliphatic rings. The number of fused-ring (bicyclic) bond motifs is 1. The number of aromatic hydroxyl groups is 2. The molecular formula is C28H32O15. The van der Waals surface area contributed by atoms with Crippen LogP contribution in [0.15, 0.2) is 45.6 Å². The van der Waals surface area contributed by atoms with Gasteiger partial charge in [0, 0.05) is 23.8 Å². The van der Waals surface area contributed by atoms with E-state index in [2.05, 4.69) is 0 Å². The van der Waals surface area contributed by atoms with Crippen LogP contribution in [0.5, 0.6) is 23.0 Å². The van der Waals surface area contributed by atoms with Crippen molar-refractivity contribution < 1.29 is 69.0 Å². The van der Waals surface area contributed by atoms with Crippen molar-refractivity contribution >= 4 is 11.0 Å². The highest BCUT2D eigenvalue weighted by Crippen LogP contribution is 2.35. The van der Waals surface area contributed by atoms with E-state index in [0.29, 0.717) is 5.56 Å². The third-order valence-electron chi connectivity index (χ3n) is 7.40. The van der Waals surface area contributed by atoms with Crippen LogP contribution >= 0.6 is 0 Å². The summed E-state index contributed by atoms with van der Waals surface area (Å²) in [6.45, 7) is 0.955. The van der Waals surface area contributed by atoms with Crippen LogP contribution in [-0.4, -0.2) is 116 Å². The van der Waals surface area contributed by atoms with Crippen LogP contribution in [0.4, 0.5) is 0 Å². The maximum atomic E-state index is 12.8. The summed E-state index contributed by atoms with van der Waals surface area (Å²) in [6, 6.07) is 7.76. The van der Waals surface area contributed by atoms with Gasteiger partial charge in [-0.05, 0) is 25.1 Å². The summed E-state index contributed by atoms with van der Waals surface area (Å²) in [5.41, 5.74) is -0.307. The molecule has 0 radical (unpaired) electrons. The maximum absolute atomic E-state index is 12.8. The summed E-state index contributed by atoms with van der Waals surface area (Å²) in [5, 5.41) is 81.8. The monoisotopic (exact) mass is 608 g/mol. The Morgan fingerprint density at radius 1 is 0.791 bits per heavy atom. The summed E-state index contributed by atoms with van der Waals surface area (Å²) >= 11 is 0. The maximum Gasteiger partial charge on any atom is 0.229 e. The fourth-order valence-electron chi connectivity index (χ4n) is 4.91. The lowest BCUT2D eigenvalue weighted by Gasteiger charge is -2.42. The first kappa shape index (κ1) is 30.9. The Morgan fingerprint density at radius 3 is 2.21 bits per heavy atom. The molecule has 0 saturated carbocycles. The van der Waals surface area contributed by atoms with E-state index in [4.69, 9.17) is 28.1 Å². The van der Waals surface area contributed by atoms with E-state index in [-0.39, 0.29) is 34.0 Å². The van der Waals surface area contributed by atoms with Gasteiger partial charge in [0.15, 0.2) is 23.2 Å². The predicted molar refractivity (Wildman–Crippen MR) is 143 cm³/mol. The summed E-state index contributed by atoms with van der Waals surface area (Å²) in [4.78, 5) is 12.8. The molecule has 234 valence electrons. The van der Waals surface area contributed by atoms with Gasteiger partial charge in [0.25, 0.3) is 0 Å². The number of hydrogen-bond acceptors (Lipinski definition) is 15. The van der Waals surface area contributed by atoms with Crippen LogP contribution in [0.25, 0.3) is 22.3 Å². The van der Waals surface area contributed by atoms with Crippen molar-refractivity contribution in [3.8, 4) is 34.3 Å². The van der Waals surface area contributed by atoms with Gasteiger partial charge in [-0.3, -0.25) is 4.79 Å². The van der Waals surface area contributed by atoms with E-state index in [0.717, 1.165) is 12.1 Å². The standard InChI is InChI=1S/C28H32O15/c1-10-21(32)23(34)25(36)27(40-10)39-9-19-22(33)24(35)26(37)28(43-19)41-12-6-14(30)20-15(31)8-16(42-18(20)7-12)11-3-4-13(29)17(5-11)38-2/h3-8,10,19,21-30,32-37H,9H2,1-2H3/t10?,19?,21-,22+,23-,24-,25?,26?,27+,28+/m0/s1. The molecule has 0 bridgehead atoms. The minimum Gasteiger partial charge on any atom is -0.507 e. The topological polar surface area (TPSA) is 238 Å². The van der Waals surface area contributed by atoms with Crippen molar-refractivity contribution in [1.29, 1.82) is 0 Å². The molecule has 5 rings (SSSR count). The molecule has 4 unspecified atom stereocenters. The molecule has 43 heavy (non-hydrogen) atoms. The fraction of sp³-hybridized carbons (Fsp3) is 0.464. The van der Waals surface area contributed by atoms with Crippen LogP contribution in [0, 0.1) is 0 Å². The zero-order chi connectivity index (χ0) is 31.2. The Hall–Kier alpha value is -3.51. The van der Waals surface area contributed by atoms with E-state index in [1.54, 1.807) is 0 Å². The lowest BCUT2D eigenvalue weighted by Crippen LogP contribution is -2.61. The molecular weight excluding hydrogens is 576 g/mol. The minimum atomic E-state index is -1.78. The molecule has 2 fully saturated rings. The average Bonchev–Trinajstić information content (AvgIpc) is 2.97. The van der Waals surface area contributed by atoms with Gasteiger partial charge in [0.05, 0.1) is 19.8 Å². The molecule has 2 aliphatic heterocycles. The quantitative estimate of drug-likeness (QED) is 0.159. The number of phenols is 2. The lowest BCUT2D eigenvalue weighted by atomic mass is 9.98. The summed E-state index contributed by atoms with van der Waals surface area (Å²) in [7, 11) is 1.36. The molecule has 0 spiro atoms. The Morgan fingerprint density at radius 2 is 1.49 bits per heavy atom. The molecule has 1 aromatic heterocycles. The Kier molecular flexibility index (Phi) is 8.80. The van der Waals surface area contributed by atoms with Crippen LogP contribution in [0.2, 0.25) is 0 Å². The van der Waals surface area contributed by atoms with Crippen molar-refractivity contribution in [1.82, 2.24) is 0 Å². The number of benzene rings is 2. The van der Waals surface area contributed by atoms with Crippen LogP contribution in [0.3, 0.4) is 0 Å². The van der Waals surface area contributed by atoms with Crippen molar-refractivity contribution in [3.63, 3.8) is 0 Å². The molecule has 3 heterocycles. The number of rotatable bonds is 7. The van der Waals surface area contributed by atoms with Gasteiger partial charge in [-0.2, -0.15) is 0 Å². The predicted octanol–water partition coefficient (Wildman–Crippen LogP) is -1.09. The van der Waals surface area contributed by atoms with E-state index in [1.165, 1.54) is 38.3 Å². The Balaban J connectivity index is 1.37. The van der Waals surface area contributed by atoms with Gasteiger partial charge >= 0.3 is 0 Å². The first-order valence-electron chi connectivity index (χ1n) is 13.3. The number of hydrogen-bond donors (Lipinski definition) is 8. The van der Waals surface area contributed by atoms with Gasteiger partial charge < -0.3 is 69.0 Å². The van der Waals surface area contributed by atoms with Gasteiger partial charge in [-0.15, -0.1) is 0 Å². The minimum absolute atomic E-state index is 0.0798. The first-order valence-corrected chi connectivity index (χ1v) is 13.3. The highest BCUT2D eigenvalue weighted by atomic mass is 16.7. The second kappa shape index (κ2) is 12.2. The summed E-state index contributed by atoms with van der Waals surface area (Å²) in [5.74, 6) is -0.567. The molecule has 2 aromatic carbocycles. The Bertz CT molecular complexity index is 1510. The smallest absolute Gasteiger partial charge is 0.229 e. The second-order valence-electron chi connectivity index (χ2n) is 10.3. The largest absolute Gasteiger partial charge is 0.507 e. The van der Waals surface area contributed by atoms with E-state index in [1.807, 2.05) is 0 Å². The van der Waals surface area contributed by atoms with Crippen molar-refractivity contribution in [3.05, 3.63) is 46.6 Å². The van der Waals surface area contributed by atoms with Crippen molar-refractivity contribution in [2.75, 3.05) is 13.7 Å². The van der Waals surface area contributed by atoms with E-state index >= 15 is 0 Å². The first-order chi connectivity index (χ1) is 20.4. The van der Waals surface area contributed by atoms with Gasteiger partial charge in [0.1, 0.15) is 71.0 Å². The summed E-state index contributed by atoms with van der Waals surface area (Å²) < 4.78 is 33.0. The molecule has 10 atom stereocenters. The fourth-order valence-corrected chi connectivity index (χ4v) is 4.91. The third kappa shape index (κ3) is 5.99. The normalized spacial score (nSPS) is 32.9. The van der Waals surface area contributed by atoms with Crippen LogP contribution < -0.4 is 14.9 Å². The highest BCUT2D eigenvalue weighted by Gasteiger charge is 2.47. The number of methoxy groups -OCH3 is 1. The van der Waals surface area contributed by atoms with Gasteiger partial charge in [0.2, 0.25) is 6.29 Å². The molecule has 15 heteroatoms. The zero-order valence-electron chi connectivity index (χ0n) is 22.9. The van der Waals surface area contributed by atoms with Crippen LogP contribution in [-0.2, 0) is 14.2 Å². The SMILES string of the molecule is COc1cc(-c2cc(=O)c3c(O)cc(O[C@@H]4OC(CO[C@@H]5OC(C)[C@H](O)[C@H](O)C5O)[C@@H](O)[C@H](O)C4O)cc3o2)ccc1O. The number of ether oxygens (including phenoxy) is 5. The number of aliphatic hydroxyl groups excluding tert-OH is 6.